The molecule has 0 unspecified atom stereocenters. The molecule has 0 aliphatic rings. The standard InChI is InChI=1S/C10H5NO3/c11-5-7-8(12)3-1-6-2-4-9(13)14-10(6)7/h1-4,12H. The van der Waals surface area contributed by atoms with Gasteiger partial charge in [-0.1, -0.05) is 0 Å². The monoisotopic (exact) mass is 187 g/mol. The van der Waals surface area contributed by atoms with Crippen LogP contribution in [0, 0.1) is 11.3 Å². The first kappa shape index (κ1) is 8.32. The molecule has 1 heterocycles. The van der Waals surface area contributed by atoms with Crippen molar-refractivity contribution in [3.63, 3.8) is 0 Å². The van der Waals surface area contributed by atoms with Gasteiger partial charge in [-0.25, -0.2) is 4.79 Å². The number of nitriles is 1. The number of hydrogen-bond acceptors (Lipinski definition) is 4. The van der Waals surface area contributed by atoms with Gasteiger partial charge in [-0.2, -0.15) is 5.26 Å². The van der Waals surface area contributed by atoms with Gasteiger partial charge in [0.25, 0.3) is 0 Å². The van der Waals surface area contributed by atoms with E-state index in [1.165, 1.54) is 12.1 Å². The maximum absolute atomic E-state index is 10.9. The Balaban J connectivity index is 3.00. The van der Waals surface area contributed by atoms with Gasteiger partial charge in [0.15, 0.2) is 5.58 Å². The number of nitrogens with zero attached hydrogens (tertiary/aromatic N) is 1. The van der Waals surface area contributed by atoms with E-state index in [-0.39, 0.29) is 16.9 Å². The van der Waals surface area contributed by atoms with Gasteiger partial charge >= 0.3 is 5.63 Å². The molecule has 68 valence electrons. The quantitative estimate of drug-likeness (QED) is 0.632. The molecule has 0 aliphatic carbocycles. The van der Waals surface area contributed by atoms with Crippen LogP contribution in [-0.4, -0.2) is 5.11 Å². The van der Waals surface area contributed by atoms with Crippen molar-refractivity contribution < 1.29 is 9.52 Å². The Labute approximate surface area is 78.6 Å². The molecule has 1 N–H and O–H groups in total. The maximum Gasteiger partial charge on any atom is 0.336 e. The van der Waals surface area contributed by atoms with Crippen LogP contribution in [0.4, 0.5) is 0 Å². The van der Waals surface area contributed by atoms with Gasteiger partial charge in [0.05, 0.1) is 0 Å². The SMILES string of the molecule is N#Cc1c(O)ccc2ccc(=O)oc12. The molecule has 4 heteroatoms. The average molecular weight is 187 g/mol. The Bertz CT molecular complexity index is 592. The normalized spacial score (nSPS) is 9.93. The summed E-state index contributed by atoms with van der Waals surface area (Å²) >= 11 is 0. The lowest BCUT2D eigenvalue weighted by molar-refractivity contribution is 0.471. The van der Waals surface area contributed by atoms with Gasteiger partial charge in [-0.05, 0) is 18.2 Å². The molecular formula is C10H5NO3. The number of phenols is 1. The summed E-state index contributed by atoms with van der Waals surface area (Å²) in [5.74, 6) is -0.186. The zero-order valence-corrected chi connectivity index (χ0v) is 7.02. The maximum atomic E-state index is 10.9. The summed E-state index contributed by atoms with van der Waals surface area (Å²) in [5, 5.41) is 18.7. The van der Waals surface area contributed by atoms with Gasteiger partial charge in [0.2, 0.25) is 0 Å². The lowest BCUT2D eigenvalue weighted by atomic mass is 10.1. The van der Waals surface area contributed by atoms with Gasteiger partial charge in [-0.3, -0.25) is 0 Å². The lowest BCUT2D eigenvalue weighted by Gasteiger charge is -1.99. The predicted molar refractivity (Wildman–Crippen MR) is 48.9 cm³/mol. The van der Waals surface area contributed by atoms with Crippen molar-refractivity contribution in [2.75, 3.05) is 0 Å². The van der Waals surface area contributed by atoms with Gasteiger partial charge in [-0.15, -0.1) is 0 Å². The third-order valence-electron chi connectivity index (χ3n) is 1.88. The van der Waals surface area contributed by atoms with Crippen LogP contribution in [0.5, 0.6) is 5.75 Å². The van der Waals surface area contributed by atoms with E-state index in [0.29, 0.717) is 5.39 Å². The van der Waals surface area contributed by atoms with Crippen molar-refractivity contribution in [3.05, 3.63) is 40.2 Å². The van der Waals surface area contributed by atoms with Crippen LogP contribution >= 0.6 is 0 Å². The number of rotatable bonds is 0. The molecule has 1 aromatic heterocycles. The van der Waals surface area contributed by atoms with Gasteiger partial charge in [0, 0.05) is 11.5 Å². The van der Waals surface area contributed by atoms with Crippen LogP contribution in [0.15, 0.2) is 33.5 Å². The molecule has 0 aliphatic heterocycles. The minimum Gasteiger partial charge on any atom is -0.506 e. The first-order chi connectivity index (χ1) is 6.72. The Morgan fingerprint density at radius 1 is 1.29 bits per heavy atom. The second kappa shape index (κ2) is 2.89. The van der Waals surface area contributed by atoms with E-state index in [9.17, 15) is 9.90 Å². The highest BCUT2D eigenvalue weighted by Crippen LogP contribution is 2.24. The third-order valence-corrected chi connectivity index (χ3v) is 1.88. The smallest absolute Gasteiger partial charge is 0.336 e. The molecule has 0 bridgehead atoms. The van der Waals surface area contributed by atoms with Crippen LogP contribution in [0.3, 0.4) is 0 Å². The molecule has 0 radical (unpaired) electrons. The van der Waals surface area contributed by atoms with Crippen LogP contribution in [0.25, 0.3) is 11.0 Å². The fourth-order valence-corrected chi connectivity index (χ4v) is 1.23. The minimum absolute atomic E-state index is 0.0137. The highest BCUT2D eigenvalue weighted by atomic mass is 16.4. The van der Waals surface area contributed by atoms with Crippen molar-refractivity contribution in [2.24, 2.45) is 0 Å². The molecule has 0 atom stereocenters. The highest BCUT2D eigenvalue weighted by molar-refractivity contribution is 5.84. The third kappa shape index (κ3) is 1.12. The molecule has 0 saturated heterocycles. The van der Waals surface area contributed by atoms with E-state index in [2.05, 4.69) is 0 Å². The van der Waals surface area contributed by atoms with Crippen molar-refractivity contribution in [1.29, 1.82) is 5.26 Å². The van der Waals surface area contributed by atoms with E-state index in [1.807, 2.05) is 0 Å². The van der Waals surface area contributed by atoms with Crippen LogP contribution < -0.4 is 5.63 Å². The number of fused-ring (bicyclic) bond motifs is 1. The fourth-order valence-electron chi connectivity index (χ4n) is 1.23. The summed E-state index contributed by atoms with van der Waals surface area (Å²) in [5.41, 5.74) is -0.431. The number of benzene rings is 1. The van der Waals surface area contributed by atoms with Crippen LogP contribution in [-0.2, 0) is 0 Å². The second-order valence-corrected chi connectivity index (χ2v) is 2.74. The summed E-state index contributed by atoms with van der Waals surface area (Å²) in [7, 11) is 0. The average Bonchev–Trinajstić information content (AvgIpc) is 2.17. The molecule has 0 saturated carbocycles. The topological polar surface area (TPSA) is 74.2 Å². The zero-order chi connectivity index (χ0) is 10.1. The Kier molecular flexibility index (Phi) is 1.72. The van der Waals surface area contributed by atoms with Crippen LogP contribution in [0.1, 0.15) is 5.56 Å². The van der Waals surface area contributed by atoms with Crippen molar-refractivity contribution in [2.45, 2.75) is 0 Å². The van der Waals surface area contributed by atoms with Crippen LogP contribution in [0.2, 0.25) is 0 Å². The summed E-state index contributed by atoms with van der Waals surface area (Å²) in [6.45, 7) is 0. The zero-order valence-electron chi connectivity index (χ0n) is 7.02. The number of phenolic OH excluding ortho intramolecular Hbond substituents is 1. The van der Waals surface area contributed by atoms with E-state index in [4.69, 9.17) is 9.68 Å². The summed E-state index contributed by atoms with van der Waals surface area (Å²) in [6.07, 6.45) is 0. The van der Waals surface area contributed by atoms with E-state index in [1.54, 1.807) is 18.2 Å². The molecule has 0 amide bonds. The largest absolute Gasteiger partial charge is 0.506 e. The molecule has 14 heavy (non-hydrogen) atoms. The second-order valence-electron chi connectivity index (χ2n) is 2.74. The Morgan fingerprint density at radius 3 is 2.71 bits per heavy atom. The number of hydrogen-bond donors (Lipinski definition) is 1. The van der Waals surface area contributed by atoms with E-state index < -0.39 is 5.63 Å². The Morgan fingerprint density at radius 2 is 2.00 bits per heavy atom. The van der Waals surface area contributed by atoms with E-state index in [0.717, 1.165) is 0 Å². The fraction of sp³-hybridized carbons (Fsp3) is 0. The van der Waals surface area contributed by atoms with Crippen molar-refractivity contribution in [3.8, 4) is 11.8 Å². The molecule has 1 aromatic carbocycles. The molecule has 2 aromatic rings. The van der Waals surface area contributed by atoms with Gasteiger partial charge < -0.3 is 9.52 Å². The lowest BCUT2D eigenvalue weighted by Crippen LogP contribution is -1.95. The highest BCUT2D eigenvalue weighted by Gasteiger charge is 2.08. The Hall–Kier alpha value is -2.28. The summed E-state index contributed by atoms with van der Waals surface area (Å²) < 4.78 is 4.83. The van der Waals surface area contributed by atoms with Gasteiger partial charge in [0.1, 0.15) is 17.4 Å². The first-order valence-corrected chi connectivity index (χ1v) is 3.88. The summed E-state index contributed by atoms with van der Waals surface area (Å²) in [6, 6.07) is 7.56. The molecular weight excluding hydrogens is 182 g/mol. The van der Waals surface area contributed by atoms with E-state index >= 15 is 0 Å². The molecule has 0 spiro atoms. The first-order valence-electron chi connectivity index (χ1n) is 3.88. The predicted octanol–water partition coefficient (Wildman–Crippen LogP) is 1.37. The summed E-state index contributed by atoms with van der Waals surface area (Å²) in [4.78, 5) is 10.9. The molecule has 4 nitrogen and oxygen atoms in total. The molecule has 2 rings (SSSR count). The minimum atomic E-state index is -0.542. The van der Waals surface area contributed by atoms with Crippen molar-refractivity contribution in [1.82, 2.24) is 0 Å². The molecule has 0 fully saturated rings. The van der Waals surface area contributed by atoms with Crippen molar-refractivity contribution >= 4 is 11.0 Å². The number of aromatic hydroxyl groups is 1.